The maximum absolute atomic E-state index is 12.1. The highest BCUT2D eigenvalue weighted by Gasteiger charge is 2.11. The molecule has 4 N–H and O–H groups in total. The third-order valence-corrected chi connectivity index (χ3v) is 4.70. The summed E-state index contributed by atoms with van der Waals surface area (Å²) in [5.74, 6) is -0.611. The first kappa shape index (κ1) is 20.5. The normalized spacial score (nSPS) is 11.5. The molecule has 0 aliphatic carbocycles. The van der Waals surface area contributed by atoms with E-state index in [9.17, 15) is 13.2 Å². The van der Waals surface area contributed by atoms with E-state index in [-0.39, 0.29) is 10.5 Å². The van der Waals surface area contributed by atoms with Crippen LogP contribution in [0, 0.1) is 11.3 Å². The second-order valence-corrected chi connectivity index (χ2v) is 7.52. The van der Waals surface area contributed by atoms with Gasteiger partial charge in [0.05, 0.1) is 4.90 Å². The van der Waals surface area contributed by atoms with Crippen LogP contribution in [0.3, 0.4) is 0 Å². The van der Waals surface area contributed by atoms with Crippen LogP contribution in [-0.2, 0) is 21.2 Å². The van der Waals surface area contributed by atoms with Crippen LogP contribution in [0.4, 0.5) is 5.69 Å². The van der Waals surface area contributed by atoms with Crippen LogP contribution in [-0.4, -0.2) is 20.9 Å². The fourth-order valence-electron chi connectivity index (χ4n) is 2.12. The number of hydrogen-bond donors (Lipinski definition) is 3. The second-order valence-electron chi connectivity index (χ2n) is 5.52. The quantitative estimate of drug-likeness (QED) is 0.370. The van der Waals surface area contributed by atoms with E-state index < -0.39 is 15.9 Å². The molecular formula is C18H17ClN4O3S. The summed E-state index contributed by atoms with van der Waals surface area (Å²) in [7, 11) is -3.80. The van der Waals surface area contributed by atoms with Crippen LogP contribution < -0.4 is 15.8 Å². The van der Waals surface area contributed by atoms with E-state index >= 15 is 0 Å². The van der Waals surface area contributed by atoms with Gasteiger partial charge in [-0.2, -0.15) is 5.26 Å². The molecule has 0 aliphatic heterocycles. The number of hydrogen-bond acceptors (Lipinski definition) is 5. The predicted octanol–water partition coefficient (Wildman–Crippen LogP) is 2.17. The molecule has 2 aromatic carbocycles. The first-order chi connectivity index (χ1) is 12.8. The molecule has 0 atom stereocenters. The van der Waals surface area contributed by atoms with Crippen LogP contribution in [0.5, 0.6) is 0 Å². The number of nitrogens with zero attached hydrogens (tertiary/aromatic N) is 1. The van der Waals surface area contributed by atoms with Gasteiger partial charge in [0.1, 0.15) is 11.6 Å². The number of nitriles is 1. The number of carbonyl (C=O) groups excluding carboxylic acids is 1. The van der Waals surface area contributed by atoms with E-state index in [1.165, 1.54) is 30.5 Å². The van der Waals surface area contributed by atoms with E-state index in [0.717, 1.165) is 5.56 Å². The van der Waals surface area contributed by atoms with Crippen molar-refractivity contribution in [2.75, 3.05) is 11.9 Å². The Bertz CT molecular complexity index is 979. The molecule has 1 amide bonds. The lowest BCUT2D eigenvalue weighted by atomic mass is 10.1. The van der Waals surface area contributed by atoms with Gasteiger partial charge in [0.25, 0.3) is 5.91 Å². The first-order valence-corrected chi connectivity index (χ1v) is 9.74. The SMILES string of the molecule is N#C/C(=C/NCCc1ccc(Cl)cc1)C(=O)Nc1ccc(S(N)(=O)=O)cc1. The number of rotatable bonds is 7. The van der Waals surface area contributed by atoms with E-state index in [2.05, 4.69) is 10.6 Å². The van der Waals surface area contributed by atoms with Gasteiger partial charge < -0.3 is 10.6 Å². The van der Waals surface area contributed by atoms with Crippen LogP contribution in [0.1, 0.15) is 5.56 Å². The Balaban J connectivity index is 1.91. The summed E-state index contributed by atoms with van der Waals surface area (Å²) in [6.07, 6.45) is 2.03. The van der Waals surface area contributed by atoms with Gasteiger partial charge in [0.15, 0.2) is 0 Å². The summed E-state index contributed by atoms with van der Waals surface area (Å²) in [4.78, 5) is 12.1. The van der Waals surface area contributed by atoms with Crippen molar-refractivity contribution in [3.05, 3.63) is 70.9 Å². The van der Waals surface area contributed by atoms with Crippen molar-refractivity contribution >= 4 is 33.2 Å². The molecule has 0 radical (unpaired) electrons. The molecule has 7 nitrogen and oxygen atoms in total. The maximum atomic E-state index is 12.1. The summed E-state index contributed by atoms with van der Waals surface area (Å²) in [5, 5.41) is 20.3. The van der Waals surface area contributed by atoms with Crippen LogP contribution >= 0.6 is 11.6 Å². The number of primary sulfonamides is 1. The summed E-state index contributed by atoms with van der Waals surface area (Å²) in [6.45, 7) is 0.531. The number of nitrogens with two attached hydrogens (primary N) is 1. The van der Waals surface area contributed by atoms with Crippen molar-refractivity contribution in [2.45, 2.75) is 11.3 Å². The fraction of sp³-hybridized carbons (Fsp3) is 0.111. The van der Waals surface area contributed by atoms with Gasteiger partial charge in [-0.1, -0.05) is 23.7 Å². The highest BCUT2D eigenvalue weighted by atomic mass is 35.5. The fourth-order valence-corrected chi connectivity index (χ4v) is 2.76. The summed E-state index contributed by atoms with van der Waals surface area (Å²) < 4.78 is 22.4. The van der Waals surface area contributed by atoms with Gasteiger partial charge in [0.2, 0.25) is 10.0 Å². The minimum Gasteiger partial charge on any atom is -0.389 e. The Morgan fingerprint density at radius 1 is 1.15 bits per heavy atom. The number of benzene rings is 2. The lowest BCUT2D eigenvalue weighted by molar-refractivity contribution is -0.112. The Hall–Kier alpha value is -2.86. The molecule has 0 saturated heterocycles. The molecule has 27 heavy (non-hydrogen) atoms. The molecule has 2 rings (SSSR count). The lowest BCUT2D eigenvalue weighted by Gasteiger charge is -2.06. The molecule has 0 bridgehead atoms. The zero-order valence-corrected chi connectivity index (χ0v) is 15.7. The molecule has 9 heteroatoms. The molecule has 0 fully saturated rings. The largest absolute Gasteiger partial charge is 0.389 e. The highest BCUT2D eigenvalue weighted by Crippen LogP contribution is 2.13. The van der Waals surface area contributed by atoms with Crippen LogP contribution in [0.25, 0.3) is 0 Å². The van der Waals surface area contributed by atoms with Gasteiger partial charge in [0, 0.05) is 23.5 Å². The summed E-state index contributed by atoms with van der Waals surface area (Å²) in [6, 6.07) is 14.5. The van der Waals surface area contributed by atoms with Crippen molar-refractivity contribution in [1.82, 2.24) is 5.32 Å². The number of nitrogens with one attached hydrogen (secondary N) is 2. The molecular weight excluding hydrogens is 388 g/mol. The van der Waals surface area contributed by atoms with Crippen molar-refractivity contribution in [3.63, 3.8) is 0 Å². The zero-order valence-electron chi connectivity index (χ0n) is 14.1. The molecule has 0 unspecified atom stereocenters. The van der Waals surface area contributed by atoms with E-state index in [1.54, 1.807) is 12.1 Å². The third-order valence-electron chi connectivity index (χ3n) is 3.52. The molecule has 0 heterocycles. The molecule has 140 valence electrons. The van der Waals surface area contributed by atoms with Gasteiger partial charge >= 0.3 is 0 Å². The predicted molar refractivity (Wildman–Crippen MR) is 103 cm³/mol. The first-order valence-electron chi connectivity index (χ1n) is 7.82. The van der Waals surface area contributed by atoms with Crippen molar-refractivity contribution in [2.24, 2.45) is 5.14 Å². The van der Waals surface area contributed by atoms with Gasteiger partial charge in [-0.05, 0) is 48.4 Å². The monoisotopic (exact) mass is 404 g/mol. The van der Waals surface area contributed by atoms with Crippen molar-refractivity contribution < 1.29 is 13.2 Å². The van der Waals surface area contributed by atoms with Gasteiger partial charge in [-0.25, -0.2) is 13.6 Å². The van der Waals surface area contributed by atoms with Gasteiger partial charge in [-0.15, -0.1) is 0 Å². The Labute approximate surface area is 162 Å². The third kappa shape index (κ3) is 6.42. The Morgan fingerprint density at radius 2 is 1.78 bits per heavy atom. The average molecular weight is 405 g/mol. The Morgan fingerprint density at radius 3 is 2.33 bits per heavy atom. The molecule has 0 aromatic heterocycles. The topological polar surface area (TPSA) is 125 Å². The second kappa shape index (κ2) is 9.19. The molecule has 2 aromatic rings. The van der Waals surface area contributed by atoms with Crippen LogP contribution in [0.2, 0.25) is 5.02 Å². The minimum atomic E-state index is -3.80. The molecule has 0 aliphatic rings. The minimum absolute atomic E-state index is 0.0691. The molecule has 0 spiro atoms. The highest BCUT2D eigenvalue weighted by molar-refractivity contribution is 7.89. The summed E-state index contributed by atoms with van der Waals surface area (Å²) in [5.41, 5.74) is 1.30. The van der Waals surface area contributed by atoms with E-state index in [1.807, 2.05) is 18.2 Å². The average Bonchev–Trinajstić information content (AvgIpc) is 2.63. The van der Waals surface area contributed by atoms with Crippen molar-refractivity contribution in [3.8, 4) is 6.07 Å². The van der Waals surface area contributed by atoms with E-state index in [4.69, 9.17) is 22.0 Å². The standard InChI is InChI=1S/C18H17ClN4O3S/c19-15-3-1-13(2-4-15)9-10-22-12-14(11-20)18(24)23-16-5-7-17(8-6-16)27(21,25)26/h1-8,12,22H,9-10H2,(H,23,24)(H2,21,25,26)/b14-12-. The lowest BCUT2D eigenvalue weighted by Crippen LogP contribution is -2.18. The zero-order chi connectivity index (χ0) is 19.9. The van der Waals surface area contributed by atoms with Crippen molar-refractivity contribution in [1.29, 1.82) is 5.26 Å². The number of amides is 1. The number of anilines is 1. The maximum Gasteiger partial charge on any atom is 0.267 e. The Kier molecular flexibility index (Phi) is 6.96. The number of halogens is 1. The molecule has 0 saturated carbocycles. The van der Waals surface area contributed by atoms with E-state index in [0.29, 0.717) is 23.7 Å². The van der Waals surface area contributed by atoms with Gasteiger partial charge in [-0.3, -0.25) is 4.79 Å². The summed E-state index contributed by atoms with van der Waals surface area (Å²) >= 11 is 5.82. The number of carbonyl (C=O) groups is 1. The van der Waals surface area contributed by atoms with Crippen LogP contribution in [0.15, 0.2) is 65.2 Å². The smallest absolute Gasteiger partial charge is 0.267 e. The number of sulfonamides is 1.